The number of hydrogen-bond donors (Lipinski definition) is 1. The number of rotatable bonds is 6. The molecular weight excluding hydrogens is 369 g/mol. The molecule has 2 aromatic heterocycles. The molecule has 0 spiro atoms. The first-order chi connectivity index (χ1) is 12.7. The lowest BCUT2D eigenvalue weighted by atomic mass is 10.2. The van der Waals surface area contributed by atoms with Gasteiger partial charge in [0.25, 0.3) is 0 Å². The molecule has 0 bridgehead atoms. The summed E-state index contributed by atoms with van der Waals surface area (Å²) in [6, 6.07) is 7.57. The Morgan fingerprint density at radius 3 is 2.50 bits per heavy atom. The van der Waals surface area contributed by atoms with E-state index in [1.807, 2.05) is 62.1 Å². The van der Waals surface area contributed by atoms with E-state index in [-0.39, 0.29) is 0 Å². The molecule has 26 heavy (non-hydrogen) atoms. The van der Waals surface area contributed by atoms with E-state index in [1.54, 1.807) is 0 Å². The number of aryl methyl sites for hydroxylation is 1. The molecule has 2 heterocycles. The first-order valence-electron chi connectivity index (χ1n) is 8.70. The highest BCUT2D eigenvalue weighted by Crippen LogP contribution is 2.22. The van der Waals surface area contributed by atoms with Crippen LogP contribution in [0.15, 0.2) is 43.0 Å². The molecule has 0 aliphatic carbocycles. The van der Waals surface area contributed by atoms with Crippen LogP contribution in [-0.2, 0) is 12.8 Å². The quantitative estimate of drug-likeness (QED) is 0.626. The van der Waals surface area contributed by atoms with E-state index >= 15 is 0 Å². The van der Waals surface area contributed by atoms with Crippen molar-refractivity contribution in [3.8, 4) is 5.69 Å². The van der Waals surface area contributed by atoms with Crippen molar-refractivity contribution in [3.05, 3.63) is 64.3 Å². The Hall–Kier alpha value is -2.11. The summed E-state index contributed by atoms with van der Waals surface area (Å²) in [6.07, 6.45) is 6.99. The third-order valence-electron chi connectivity index (χ3n) is 3.63. The van der Waals surface area contributed by atoms with Gasteiger partial charge in [0.05, 0.1) is 17.6 Å². The highest BCUT2D eigenvalue weighted by atomic mass is 35.5. The van der Waals surface area contributed by atoms with Gasteiger partial charge in [-0.05, 0) is 42.7 Å². The van der Waals surface area contributed by atoms with Crippen molar-refractivity contribution in [2.75, 3.05) is 11.9 Å². The fourth-order valence-electron chi connectivity index (χ4n) is 2.33. The Labute approximate surface area is 164 Å². The third kappa shape index (κ3) is 5.19. The minimum absolute atomic E-state index is 0.594. The Kier molecular flexibility index (Phi) is 7.88. The smallest absolute Gasteiger partial charge is 0.148 e. The highest BCUT2D eigenvalue weighted by Gasteiger charge is 2.07. The van der Waals surface area contributed by atoms with Gasteiger partial charge in [-0.1, -0.05) is 44.0 Å². The van der Waals surface area contributed by atoms with Gasteiger partial charge in [0, 0.05) is 17.8 Å². The maximum absolute atomic E-state index is 6.27. The lowest BCUT2D eigenvalue weighted by Gasteiger charge is -2.08. The van der Waals surface area contributed by atoms with Crippen molar-refractivity contribution in [3.63, 3.8) is 0 Å². The lowest BCUT2D eigenvalue weighted by Crippen LogP contribution is -2.08. The molecule has 0 unspecified atom stereocenters. The first kappa shape index (κ1) is 20.2. The molecule has 0 aliphatic heterocycles. The standard InChI is InChI=1S/C17H17Cl2N5.C2H6/c1-2-15-16(19)17(22-11-21-15)20-8-7-12-9-23-24(10-12)14-5-3-13(18)4-6-14;1-2/h3-6,9-11H,2,7-8H2,1H3,(H,20,21,22);1-2H3. The first-order valence-corrected chi connectivity index (χ1v) is 9.45. The van der Waals surface area contributed by atoms with Gasteiger partial charge in [-0.15, -0.1) is 0 Å². The number of benzene rings is 1. The fourth-order valence-corrected chi connectivity index (χ4v) is 2.75. The molecule has 0 atom stereocenters. The summed E-state index contributed by atoms with van der Waals surface area (Å²) >= 11 is 12.2. The third-order valence-corrected chi connectivity index (χ3v) is 4.28. The minimum Gasteiger partial charge on any atom is -0.368 e. The Morgan fingerprint density at radius 1 is 1.08 bits per heavy atom. The largest absolute Gasteiger partial charge is 0.368 e. The summed E-state index contributed by atoms with van der Waals surface area (Å²) in [4.78, 5) is 8.35. The maximum Gasteiger partial charge on any atom is 0.148 e. The zero-order valence-electron chi connectivity index (χ0n) is 15.2. The molecule has 1 N–H and O–H groups in total. The number of nitrogens with zero attached hydrogens (tertiary/aromatic N) is 4. The summed E-state index contributed by atoms with van der Waals surface area (Å²) in [7, 11) is 0. The number of aromatic nitrogens is 4. The predicted molar refractivity (Wildman–Crippen MR) is 109 cm³/mol. The zero-order chi connectivity index (χ0) is 18.9. The monoisotopic (exact) mass is 391 g/mol. The molecule has 5 nitrogen and oxygen atoms in total. The van der Waals surface area contributed by atoms with Gasteiger partial charge in [0.1, 0.15) is 17.2 Å². The number of hydrogen-bond acceptors (Lipinski definition) is 4. The molecule has 0 radical (unpaired) electrons. The second-order valence-corrected chi connectivity index (χ2v) is 6.10. The average Bonchev–Trinajstić information content (AvgIpc) is 3.14. The van der Waals surface area contributed by atoms with Crippen LogP contribution in [-0.4, -0.2) is 26.3 Å². The van der Waals surface area contributed by atoms with E-state index in [9.17, 15) is 0 Å². The van der Waals surface area contributed by atoms with Crippen molar-refractivity contribution in [1.29, 1.82) is 0 Å². The number of nitrogens with one attached hydrogen (secondary N) is 1. The van der Waals surface area contributed by atoms with Gasteiger partial charge in [0.15, 0.2) is 0 Å². The Bertz CT molecular complexity index is 815. The second kappa shape index (κ2) is 10.1. The fraction of sp³-hybridized carbons (Fsp3) is 0.316. The van der Waals surface area contributed by atoms with E-state index in [0.29, 0.717) is 22.4 Å². The normalized spacial score (nSPS) is 10.2. The van der Waals surface area contributed by atoms with Gasteiger partial charge < -0.3 is 5.32 Å². The molecule has 1 aromatic carbocycles. The van der Waals surface area contributed by atoms with Gasteiger partial charge in [0.2, 0.25) is 0 Å². The summed E-state index contributed by atoms with van der Waals surface area (Å²) in [5.41, 5.74) is 2.95. The molecule has 0 saturated heterocycles. The molecule has 3 rings (SSSR count). The topological polar surface area (TPSA) is 55.6 Å². The van der Waals surface area contributed by atoms with Crippen molar-refractivity contribution in [2.24, 2.45) is 0 Å². The van der Waals surface area contributed by atoms with Gasteiger partial charge in [-0.2, -0.15) is 5.10 Å². The molecule has 0 aliphatic rings. The van der Waals surface area contributed by atoms with E-state index in [4.69, 9.17) is 23.2 Å². The molecular formula is C19H23Cl2N5. The van der Waals surface area contributed by atoms with Crippen LogP contribution in [0.4, 0.5) is 5.82 Å². The van der Waals surface area contributed by atoms with Gasteiger partial charge in [-0.3, -0.25) is 0 Å². The van der Waals surface area contributed by atoms with Crippen molar-refractivity contribution in [1.82, 2.24) is 19.7 Å². The summed E-state index contributed by atoms with van der Waals surface area (Å²) < 4.78 is 1.83. The Morgan fingerprint density at radius 2 is 1.81 bits per heavy atom. The number of anilines is 1. The lowest BCUT2D eigenvalue weighted by molar-refractivity contribution is 0.879. The predicted octanol–water partition coefficient (Wildman–Crippen LogP) is 5.21. The molecule has 3 aromatic rings. The van der Waals surface area contributed by atoms with E-state index in [1.165, 1.54) is 6.33 Å². The van der Waals surface area contributed by atoms with Crippen LogP contribution >= 0.6 is 23.2 Å². The summed E-state index contributed by atoms with van der Waals surface area (Å²) in [5, 5.41) is 8.94. The second-order valence-electron chi connectivity index (χ2n) is 5.28. The molecule has 0 saturated carbocycles. The summed E-state index contributed by atoms with van der Waals surface area (Å²) in [6.45, 7) is 6.73. The SMILES string of the molecule is CC.CCc1ncnc(NCCc2cnn(-c3ccc(Cl)cc3)c2)c1Cl. The van der Waals surface area contributed by atoms with Crippen LogP contribution in [0.25, 0.3) is 5.69 Å². The molecule has 138 valence electrons. The zero-order valence-corrected chi connectivity index (χ0v) is 16.7. The van der Waals surface area contributed by atoms with Crippen LogP contribution in [0.1, 0.15) is 32.0 Å². The van der Waals surface area contributed by atoms with Gasteiger partial charge in [-0.25, -0.2) is 14.6 Å². The van der Waals surface area contributed by atoms with E-state index < -0.39 is 0 Å². The van der Waals surface area contributed by atoms with Crippen LogP contribution in [0.2, 0.25) is 10.0 Å². The molecule has 7 heteroatoms. The number of halogens is 2. The van der Waals surface area contributed by atoms with Crippen LogP contribution in [0.3, 0.4) is 0 Å². The van der Waals surface area contributed by atoms with Crippen LogP contribution in [0.5, 0.6) is 0 Å². The summed E-state index contributed by atoms with van der Waals surface area (Å²) in [5.74, 6) is 0.675. The Balaban J connectivity index is 0.00000117. The van der Waals surface area contributed by atoms with Crippen molar-refractivity contribution < 1.29 is 0 Å². The van der Waals surface area contributed by atoms with Crippen LogP contribution in [0, 0.1) is 0 Å². The molecule has 0 amide bonds. The maximum atomic E-state index is 6.27. The average molecular weight is 392 g/mol. The van der Waals surface area contributed by atoms with Gasteiger partial charge >= 0.3 is 0 Å². The van der Waals surface area contributed by atoms with E-state index in [0.717, 1.165) is 29.8 Å². The highest BCUT2D eigenvalue weighted by molar-refractivity contribution is 6.33. The molecule has 0 fully saturated rings. The van der Waals surface area contributed by atoms with Crippen molar-refractivity contribution >= 4 is 29.0 Å². The van der Waals surface area contributed by atoms with E-state index in [2.05, 4.69) is 20.4 Å². The minimum atomic E-state index is 0.594. The van der Waals surface area contributed by atoms with Crippen LogP contribution < -0.4 is 5.32 Å². The van der Waals surface area contributed by atoms with Crippen molar-refractivity contribution in [2.45, 2.75) is 33.6 Å².